The third-order valence-electron chi connectivity index (χ3n) is 4.14. The summed E-state index contributed by atoms with van der Waals surface area (Å²) in [4.78, 5) is 8.79. The molecule has 2 heterocycles. The predicted octanol–water partition coefficient (Wildman–Crippen LogP) is 4.18. The van der Waals surface area contributed by atoms with Gasteiger partial charge in [-0.05, 0) is 49.2 Å². The van der Waals surface area contributed by atoms with Crippen LogP contribution >= 0.6 is 0 Å². The van der Waals surface area contributed by atoms with Crippen LogP contribution in [0.15, 0.2) is 61.1 Å². The Balaban J connectivity index is 1.77. The van der Waals surface area contributed by atoms with Crippen LogP contribution in [0.2, 0.25) is 0 Å². The zero-order valence-corrected chi connectivity index (χ0v) is 13.6. The molecule has 0 saturated heterocycles. The lowest BCUT2D eigenvalue weighted by molar-refractivity contribution is 0.895. The van der Waals surface area contributed by atoms with Gasteiger partial charge in [0.25, 0.3) is 0 Å². The second-order valence-electron chi connectivity index (χ2n) is 5.78. The highest BCUT2D eigenvalue weighted by Gasteiger charge is 2.11. The number of para-hydroxylation sites is 1. The molecule has 4 rings (SSSR count). The van der Waals surface area contributed by atoms with Crippen molar-refractivity contribution in [2.75, 3.05) is 5.32 Å². The van der Waals surface area contributed by atoms with Crippen molar-refractivity contribution in [2.45, 2.75) is 13.8 Å². The molecule has 24 heavy (non-hydrogen) atoms. The van der Waals surface area contributed by atoms with Gasteiger partial charge in [-0.3, -0.25) is 0 Å². The topological polar surface area (TPSA) is 55.6 Å². The summed E-state index contributed by atoms with van der Waals surface area (Å²) < 4.78 is 1.82. The number of rotatable bonds is 3. The summed E-state index contributed by atoms with van der Waals surface area (Å²) in [6.45, 7) is 4.20. The lowest BCUT2D eigenvalue weighted by Gasteiger charge is -2.09. The van der Waals surface area contributed by atoms with Gasteiger partial charge in [-0.15, -0.1) is 0 Å². The Morgan fingerprint density at radius 3 is 2.54 bits per heavy atom. The summed E-state index contributed by atoms with van der Waals surface area (Å²) >= 11 is 0. The fourth-order valence-corrected chi connectivity index (χ4v) is 2.66. The van der Waals surface area contributed by atoms with Crippen LogP contribution in [0, 0.1) is 13.8 Å². The number of anilines is 2. The summed E-state index contributed by atoms with van der Waals surface area (Å²) in [6.07, 6.45) is 3.36. The van der Waals surface area contributed by atoms with Crippen LogP contribution in [0.1, 0.15) is 11.1 Å². The van der Waals surface area contributed by atoms with Crippen LogP contribution in [0.4, 0.5) is 11.5 Å². The molecule has 0 unspecified atom stereocenters. The van der Waals surface area contributed by atoms with E-state index in [1.165, 1.54) is 11.1 Å². The molecule has 0 aliphatic heterocycles. The summed E-state index contributed by atoms with van der Waals surface area (Å²) in [5.41, 5.74) is 5.27. The molecule has 2 aromatic heterocycles. The number of hydrogen-bond acceptors (Lipinski definition) is 4. The zero-order valence-electron chi connectivity index (χ0n) is 13.6. The minimum Gasteiger partial charge on any atom is -0.340 e. The lowest BCUT2D eigenvalue weighted by Crippen LogP contribution is -1.99. The maximum absolute atomic E-state index is 4.47. The Kier molecular flexibility index (Phi) is 3.46. The number of aromatic nitrogens is 4. The van der Waals surface area contributed by atoms with Gasteiger partial charge in [0.1, 0.15) is 12.1 Å². The summed E-state index contributed by atoms with van der Waals surface area (Å²) in [5, 5.41) is 8.74. The van der Waals surface area contributed by atoms with E-state index >= 15 is 0 Å². The highest BCUT2D eigenvalue weighted by Crippen LogP contribution is 2.25. The van der Waals surface area contributed by atoms with Crippen molar-refractivity contribution in [2.24, 2.45) is 0 Å². The Bertz CT molecular complexity index is 1000. The SMILES string of the molecule is Cc1ccc(Nc2ncnc3c2cnn3-c2ccccc2)cc1C. The molecule has 0 saturated carbocycles. The van der Waals surface area contributed by atoms with Gasteiger partial charge in [0.15, 0.2) is 5.65 Å². The highest BCUT2D eigenvalue weighted by molar-refractivity contribution is 5.89. The predicted molar refractivity (Wildman–Crippen MR) is 95.9 cm³/mol. The Hall–Kier alpha value is -3.21. The Morgan fingerprint density at radius 2 is 1.75 bits per heavy atom. The number of nitrogens with zero attached hydrogens (tertiary/aromatic N) is 4. The van der Waals surface area contributed by atoms with E-state index in [0.717, 1.165) is 28.2 Å². The van der Waals surface area contributed by atoms with E-state index in [4.69, 9.17) is 0 Å². The molecule has 5 heteroatoms. The van der Waals surface area contributed by atoms with Crippen molar-refractivity contribution in [1.82, 2.24) is 19.7 Å². The highest BCUT2D eigenvalue weighted by atomic mass is 15.3. The first-order chi connectivity index (χ1) is 11.7. The second-order valence-corrected chi connectivity index (χ2v) is 5.78. The van der Waals surface area contributed by atoms with E-state index in [1.807, 2.05) is 35.0 Å². The van der Waals surface area contributed by atoms with Crippen molar-refractivity contribution >= 4 is 22.5 Å². The van der Waals surface area contributed by atoms with Gasteiger partial charge in [0.2, 0.25) is 0 Å². The largest absolute Gasteiger partial charge is 0.340 e. The molecule has 0 aliphatic carbocycles. The van der Waals surface area contributed by atoms with Crippen LogP contribution in [0.3, 0.4) is 0 Å². The monoisotopic (exact) mass is 315 g/mol. The number of benzene rings is 2. The number of nitrogens with one attached hydrogen (secondary N) is 1. The van der Waals surface area contributed by atoms with Crippen molar-refractivity contribution in [1.29, 1.82) is 0 Å². The molecule has 2 aromatic carbocycles. The zero-order chi connectivity index (χ0) is 16.5. The number of hydrogen-bond donors (Lipinski definition) is 1. The van der Waals surface area contributed by atoms with E-state index in [1.54, 1.807) is 12.5 Å². The van der Waals surface area contributed by atoms with Gasteiger partial charge in [0, 0.05) is 5.69 Å². The molecule has 118 valence electrons. The first-order valence-electron chi connectivity index (χ1n) is 7.81. The van der Waals surface area contributed by atoms with Crippen molar-refractivity contribution in [3.63, 3.8) is 0 Å². The van der Waals surface area contributed by atoms with E-state index in [-0.39, 0.29) is 0 Å². The Morgan fingerprint density at radius 1 is 0.917 bits per heavy atom. The first kappa shape index (κ1) is 14.4. The van der Waals surface area contributed by atoms with Crippen LogP contribution < -0.4 is 5.32 Å². The molecular formula is C19H17N5. The van der Waals surface area contributed by atoms with Crippen molar-refractivity contribution in [3.8, 4) is 5.69 Å². The third kappa shape index (κ3) is 2.50. The normalized spacial score (nSPS) is 10.9. The molecule has 4 aromatic rings. The minimum atomic E-state index is 0.755. The molecule has 0 atom stereocenters. The van der Waals surface area contributed by atoms with E-state index in [9.17, 15) is 0 Å². The van der Waals surface area contributed by atoms with E-state index in [0.29, 0.717) is 0 Å². The fourth-order valence-electron chi connectivity index (χ4n) is 2.66. The molecule has 0 amide bonds. The first-order valence-corrected chi connectivity index (χ1v) is 7.81. The molecule has 1 N–H and O–H groups in total. The molecule has 0 bridgehead atoms. The van der Waals surface area contributed by atoms with Gasteiger partial charge in [-0.1, -0.05) is 24.3 Å². The average Bonchev–Trinajstić information content (AvgIpc) is 3.04. The average molecular weight is 315 g/mol. The molecule has 0 fully saturated rings. The van der Waals surface area contributed by atoms with Crippen LogP contribution in [-0.4, -0.2) is 19.7 Å². The van der Waals surface area contributed by atoms with Gasteiger partial charge in [0.05, 0.1) is 17.3 Å². The Labute approximate surface area is 140 Å². The van der Waals surface area contributed by atoms with Gasteiger partial charge in [-0.25, -0.2) is 14.6 Å². The maximum Gasteiger partial charge on any atom is 0.168 e. The van der Waals surface area contributed by atoms with Crippen LogP contribution in [0.5, 0.6) is 0 Å². The summed E-state index contributed by atoms with van der Waals surface area (Å²) in [6, 6.07) is 16.2. The summed E-state index contributed by atoms with van der Waals surface area (Å²) in [5.74, 6) is 0.755. The molecule has 0 spiro atoms. The molecular weight excluding hydrogens is 298 g/mol. The quantitative estimate of drug-likeness (QED) is 0.616. The van der Waals surface area contributed by atoms with E-state index in [2.05, 4.69) is 52.4 Å². The maximum atomic E-state index is 4.47. The summed E-state index contributed by atoms with van der Waals surface area (Å²) in [7, 11) is 0. The molecule has 0 radical (unpaired) electrons. The smallest absolute Gasteiger partial charge is 0.168 e. The van der Waals surface area contributed by atoms with E-state index < -0.39 is 0 Å². The van der Waals surface area contributed by atoms with Crippen LogP contribution in [0.25, 0.3) is 16.7 Å². The lowest BCUT2D eigenvalue weighted by atomic mass is 10.1. The molecule has 0 aliphatic rings. The number of aryl methyl sites for hydroxylation is 2. The van der Waals surface area contributed by atoms with Gasteiger partial charge >= 0.3 is 0 Å². The molecule has 5 nitrogen and oxygen atoms in total. The third-order valence-corrected chi connectivity index (χ3v) is 4.14. The number of fused-ring (bicyclic) bond motifs is 1. The van der Waals surface area contributed by atoms with Gasteiger partial charge < -0.3 is 5.32 Å². The van der Waals surface area contributed by atoms with Crippen LogP contribution in [-0.2, 0) is 0 Å². The van der Waals surface area contributed by atoms with Crippen molar-refractivity contribution in [3.05, 3.63) is 72.2 Å². The van der Waals surface area contributed by atoms with Gasteiger partial charge in [-0.2, -0.15) is 5.10 Å². The minimum absolute atomic E-state index is 0.755. The second kappa shape index (κ2) is 5.77. The standard InChI is InChI=1S/C19H17N5/c1-13-8-9-15(10-14(13)2)23-18-17-11-22-24(19(17)21-12-20-18)16-6-4-3-5-7-16/h3-12H,1-2H3,(H,20,21,23). The fraction of sp³-hybridized carbons (Fsp3) is 0.105. The van der Waals surface area contributed by atoms with Crippen molar-refractivity contribution < 1.29 is 0 Å².